The highest BCUT2D eigenvalue weighted by Gasteiger charge is 2.39. The van der Waals surface area contributed by atoms with Gasteiger partial charge in [0.1, 0.15) is 0 Å². The average molecular weight is 637 g/mol. The van der Waals surface area contributed by atoms with Gasteiger partial charge >= 0.3 is 0 Å². The molecule has 0 spiro atoms. The molecular formula is C40H30BrNS. The van der Waals surface area contributed by atoms with Crippen molar-refractivity contribution in [3.05, 3.63) is 149 Å². The summed E-state index contributed by atoms with van der Waals surface area (Å²) in [5.74, 6) is 0. The van der Waals surface area contributed by atoms with Gasteiger partial charge < -0.3 is 4.90 Å². The van der Waals surface area contributed by atoms with Gasteiger partial charge in [-0.2, -0.15) is 0 Å². The fourth-order valence-corrected chi connectivity index (χ4v) is 8.40. The molecule has 0 aliphatic heterocycles. The van der Waals surface area contributed by atoms with Gasteiger partial charge in [-0.1, -0.05) is 103 Å². The zero-order chi connectivity index (χ0) is 29.3. The van der Waals surface area contributed by atoms with Crippen molar-refractivity contribution in [2.75, 3.05) is 4.90 Å². The number of benzene rings is 6. The van der Waals surface area contributed by atoms with Crippen LogP contribution in [0.15, 0.2) is 132 Å². The van der Waals surface area contributed by atoms with Gasteiger partial charge in [0.2, 0.25) is 0 Å². The summed E-state index contributed by atoms with van der Waals surface area (Å²) in [4.78, 5) is 2.49. The van der Waals surface area contributed by atoms with E-state index in [0.717, 1.165) is 15.8 Å². The largest absolute Gasteiger partial charge is 0.310 e. The van der Waals surface area contributed by atoms with Crippen LogP contribution in [0.2, 0.25) is 0 Å². The number of aryl methyl sites for hydroxylation is 1. The topological polar surface area (TPSA) is 3.24 Å². The van der Waals surface area contributed by atoms with Gasteiger partial charge in [0.25, 0.3) is 0 Å². The zero-order valence-electron chi connectivity index (χ0n) is 24.4. The van der Waals surface area contributed by atoms with E-state index in [2.05, 4.69) is 169 Å². The van der Waals surface area contributed by atoms with Gasteiger partial charge in [0.15, 0.2) is 0 Å². The molecule has 0 amide bonds. The van der Waals surface area contributed by atoms with Gasteiger partial charge in [0.05, 0.1) is 5.69 Å². The van der Waals surface area contributed by atoms with Crippen LogP contribution in [-0.4, -0.2) is 0 Å². The summed E-state index contributed by atoms with van der Waals surface area (Å²) in [6.07, 6.45) is 0. The molecule has 1 aliphatic carbocycles. The standard InChI is InChI=1S/C40H30BrNS/c1-25-20-34-31-14-7-8-15-35(31)40(2,3)39(34)36(21-25)42(29-13-9-12-27(22-29)26-10-5-4-6-11-26)30-17-19-38-33(24-30)32-23-28(41)16-18-37(32)43-38/h4-24H,1-3H3. The minimum atomic E-state index is -0.145. The molecule has 3 heteroatoms. The van der Waals surface area contributed by atoms with Crippen molar-refractivity contribution in [1.82, 2.24) is 0 Å². The normalized spacial score (nSPS) is 13.3. The first-order chi connectivity index (χ1) is 20.9. The van der Waals surface area contributed by atoms with Crippen LogP contribution in [-0.2, 0) is 5.41 Å². The molecule has 0 saturated carbocycles. The first kappa shape index (κ1) is 26.4. The molecule has 0 bridgehead atoms. The first-order valence-corrected chi connectivity index (χ1v) is 16.3. The molecule has 1 heterocycles. The van der Waals surface area contributed by atoms with Gasteiger partial charge in [-0.3, -0.25) is 0 Å². The Balaban J connectivity index is 1.42. The lowest BCUT2D eigenvalue weighted by molar-refractivity contribution is 0.660. The number of fused-ring (bicyclic) bond motifs is 6. The van der Waals surface area contributed by atoms with Crippen LogP contribution in [0.4, 0.5) is 17.1 Å². The smallest absolute Gasteiger partial charge is 0.0511 e. The molecule has 0 radical (unpaired) electrons. The second-order valence-electron chi connectivity index (χ2n) is 12.1. The molecule has 8 rings (SSSR count). The zero-order valence-corrected chi connectivity index (χ0v) is 26.8. The lowest BCUT2D eigenvalue weighted by Crippen LogP contribution is -2.21. The van der Waals surface area contributed by atoms with Crippen LogP contribution in [0.25, 0.3) is 42.4 Å². The summed E-state index contributed by atoms with van der Waals surface area (Å²) < 4.78 is 3.71. The number of anilines is 3. The maximum atomic E-state index is 3.72. The average Bonchev–Trinajstić information content (AvgIpc) is 3.49. The molecule has 7 aromatic rings. The summed E-state index contributed by atoms with van der Waals surface area (Å²) in [6.45, 7) is 6.98. The monoisotopic (exact) mass is 635 g/mol. The second-order valence-corrected chi connectivity index (χ2v) is 14.1. The Morgan fingerprint density at radius 1 is 0.605 bits per heavy atom. The van der Waals surface area contributed by atoms with Crippen LogP contribution in [0.3, 0.4) is 0 Å². The van der Waals surface area contributed by atoms with Crippen molar-refractivity contribution in [3.63, 3.8) is 0 Å². The Hall–Kier alpha value is -4.18. The number of hydrogen-bond donors (Lipinski definition) is 0. The van der Waals surface area contributed by atoms with E-state index in [9.17, 15) is 0 Å². The molecule has 208 valence electrons. The molecule has 0 unspecified atom stereocenters. The predicted molar refractivity (Wildman–Crippen MR) is 189 cm³/mol. The highest BCUT2D eigenvalue weighted by Crippen LogP contribution is 2.55. The van der Waals surface area contributed by atoms with Crippen LogP contribution >= 0.6 is 27.3 Å². The Morgan fingerprint density at radius 2 is 1.30 bits per heavy atom. The number of nitrogens with zero attached hydrogens (tertiary/aromatic N) is 1. The third kappa shape index (κ3) is 4.25. The van der Waals surface area contributed by atoms with Crippen molar-refractivity contribution in [1.29, 1.82) is 0 Å². The SMILES string of the molecule is Cc1cc2c(c(N(c3cccc(-c4ccccc4)c3)c3ccc4sc5ccc(Br)cc5c4c3)c1)C(C)(C)c1ccccc1-2. The molecular weight excluding hydrogens is 606 g/mol. The van der Waals surface area contributed by atoms with E-state index >= 15 is 0 Å². The Bertz CT molecular complexity index is 2190. The lowest BCUT2D eigenvalue weighted by Gasteiger charge is -2.33. The van der Waals surface area contributed by atoms with Gasteiger partial charge in [0, 0.05) is 41.4 Å². The maximum Gasteiger partial charge on any atom is 0.0511 e. The fraction of sp³-hybridized carbons (Fsp3) is 0.100. The number of hydrogen-bond acceptors (Lipinski definition) is 2. The Morgan fingerprint density at radius 3 is 2.14 bits per heavy atom. The molecule has 1 aromatic heterocycles. The van der Waals surface area contributed by atoms with Crippen LogP contribution < -0.4 is 4.90 Å². The summed E-state index contributed by atoms with van der Waals surface area (Å²) in [7, 11) is 0. The highest BCUT2D eigenvalue weighted by molar-refractivity contribution is 9.10. The van der Waals surface area contributed by atoms with E-state index < -0.39 is 0 Å². The summed E-state index contributed by atoms with van der Waals surface area (Å²) >= 11 is 5.57. The third-order valence-electron chi connectivity index (χ3n) is 8.90. The quantitative estimate of drug-likeness (QED) is 0.186. The van der Waals surface area contributed by atoms with Crippen LogP contribution in [0, 0.1) is 6.92 Å². The molecule has 1 aliphatic rings. The van der Waals surface area contributed by atoms with E-state index in [-0.39, 0.29) is 5.41 Å². The molecule has 0 N–H and O–H groups in total. The van der Waals surface area contributed by atoms with Crippen LogP contribution in [0.1, 0.15) is 30.5 Å². The van der Waals surface area contributed by atoms with Crippen LogP contribution in [0.5, 0.6) is 0 Å². The fourth-order valence-electron chi connectivity index (χ4n) is 6.97. The van der Waals surface area contributed by atoms with Gasteiger partial charge in [-0.25, -0.2) is 0 Å². The van der Waals surface area contributed by atoms with Gasteiger partial charge in [-0.05, 0) is 100 Å². The van der Waals surface area contributed by atoms with Crippen molar-refractivity contribution in [2.45, 2.75) is 26.2 Å². The lowest BCUT2D eigenvalue weighted by atomic mass is 9.81. The van der Waals surface area contributed by atoms with E-state index in [1.165, 1.54) is 64.8 Å². The molecule has 0 saturated heterocycles. The van der Waals surface area contributed by atoms with Gasteiger partial charge in [-0.15, -0.1) is 11.3 Å². The predicted octanol–water partition coefficient (Wildman–Crippen LogP) is 12.6. The number of thiophene rings is 1. The number of halogens is 1. The molecule has 1 nitrogen and oxygen atoms in total. The molecule has 6 aromatic carbocycles. The van der Waals surface area contributed by atoms with E-state index in [4.69, 9.17) is 0 Å². The number of rotatable bonds is 4. The van der Waals surface area contributed by atoms with Crippen molar-refractivity contribution < 1.29 is 0 Å². The summed E-state index contributed by atoms with van der Waals surface area (Å²) in [5.41, 5.74) is 12.5. The maximum absolute atomic E-state index is 3.72. The van der Waals surface area contributed by atoms with Crippen molar-refractivity contribution in [2.24, 2.45) is 0 Å². The molecule has 0 atom stereocenters. The van der Waals surface area contributed by atoms with E-state index in [1.54, 1.807) is 0 Å². The molecule has 0 fully saturated rings. The second kappa shape index (κ2) is 9.94. The van der Waals surface area contributed by atoms with E-state index in [1.807, 2.05) is 11.3 Å². The molecule has 43 heavy (non-hydrogen) atoms. The van der Waals surface area contributed by atoms with Crippen molar-refractivity contribution in [3.8, 4) is 22.3 Å². The minimum Gasteiger partial charge on any atom is -0.310 e. The minimum absolute atomic E-state index is 0.145. The van der Waals surface area contributed by atoms with Crippen molar-refractivity contribution >= 4 is 64.5 Å². The first-order valence-electron chi connectivity index (χ1n) is 14.7. The third-order valence-corrected chi connectivity index (χ3v) is 10.5. The highest BCUT2D eigenvalue weighted by atomic mass is 79.9. The summed E-state index contributed by atoms with van der Waals surface area (Å²) in [6, 6.07) is 47.0. The Labute approximate surface area is 265 Å². The van der Waals surface area contributed by atoms with E-state index in [0.29, 0.717) is 0 Å². The summed E-state index contributed by atoms with van der Waals surface area (Å²) in [5, 5.41) is 2.58. The Kier molecular flexibility index (Phi) is 6.11.